The van der Waals surface area contributed by atoms with E-state index in [9.17, 15) is 19.5 Å². The standard InChI is InChI=1S/C34H50N2O7/c1-21(23(3)37)10-7-8-11-22(2)27(38)12-6-5-9-18-35-43-33(40)41-29-16-13-24-20-26-25-14-15-28(39)32-34(25,17-19-36(26)4)30(24)31(29)42-32/h13,16,21-22,25-26,28,32,35,39H,5-12,14-15,17-20H2,1-4H3. The molecule has 7 atom stereocenters. The van der Waals surface area contributed by atoms with Crippen molar-refractivity contribution in [3.8, 4) is 11.5 Å². The molecule has 43 heavy (non-hydrogen) atoms. The highest BCUT2D eigenvalue weighted by Crippen LogP contribution is 2.63. The van der Waals surface area contributed by atoms with Gasteiger partial charge in [-0.2, -0.15) is 0 Å². The normalized spacial score (nSPS) is 28.4. The maximum atomic E-state index is 12.6. The number of carbonyl (C=O) groups excluding carboxylic acids is 3. The highest BCUT2D eigenvalue weighted by Gasteiger charge is 2.65. The van der Waals surface area contributed by atoms with Crippen LogP contribution in [-0.2, 0) is 26.3 Å². The van der Waals surface area contributed by atoms with Crippen molar-refractivity contribution in [2.24, 2.45) is 17.8 Å². The van der Waals surface area contributed by atoms with Crippen LogP contribution in [0.3, 0.4) is 0 Å². The number of hydrogen-bond acceptors (Lipinski definition) is 9. The average Bonchev–Trinajstić information content (AvgIpc) is 3.34. The van der Waals surface area contributed by atoms with Gasteiger partial charge in [0.1, 0.15) is 17.7 Å². The van der Waals surface area contributed by atoms with E-state index in [2.05, 4.69) is 17.4 Å². The molecule has 1 saturated carbocycles. The minimum absolute atomic E-state index is 0.0518. The summed E-state index contributed by atoms with van der Waals surface area (Å²) < 4.78 is 12.1. The van der Waals surface area contributed by atoms with Crippen LogP contribution in [0.4, 0.5) is 4.79 Å². The quantitative estimate of drug-likeness (QED) is 0.120. The summed E-state index contributed by atoms with van der Waals surface area (Å²) in [5.41, 5.74) is 4.82. The van der Waals surface area contributed by atoms with E-state index in [-0.39, 0.29) is 29.1 Å². The molecule has 2 heterocycles. The number of hydroxylamine groups is 1. The van der Waals surface area contributed by atoms with Crippen LogP contribution in [0.1, 0.15) is 103 Å². The number of ether oxygens (including phenoxy) is 2. The number of ketones is 2. The molecule has 2 aliphatic carbocycles. The first-order chi connectivity index (χ1) is 20.6. The third-order valence-electron chi connectivity index (χ3n) is 10.9. The first-order valence-corrected chi connectivity index (χ1v) is 16.5. The summed E-state index contributed by atoms with van der Waals surface area (Å²) in [7, 11) is 2.20. The fourth-order valence-electron chi connectivity index (χ4n) is 8.19. The summed E-state index contributed by atoms with van der Waals surface area (Å²) in [4.78, 5) is 44.0. The van der Waals surface area contributed by atoms with Gasteiger partial charge >= 0.3 is 6.16 Å². The second kappa shape index (κ2) is 13.7. The number of Topliss-reactive ketones (excluding diaryl/α,β-unsaturated/α-hetero) is 2. The van der Waals surface area contributed by atoms with Gasteiger partial charge in [-0.05, 0) is 89.4 Å². The number of unbranched alkanes of at least 4 members (excludes halogenated alkanes) is 3. The Morgan fingerprint density at radius 3 is 2.63 bits per heavy atom. The van der Waals surface area contributed by atoms with Gasteiger partial charge in [0.15, 0.2) is 11.5 Å². The number of nitrogens with one attached hydrogen (secondary N) is 1. The molecule has 2 N–H and O–H groups in total. The van der Waals surface area contributed by atoms with Crippen LogP contribution in [0.2, 0.25) is 0 Å². The number of aliphatic hydroxyl groups excluding tert-OH is 1. The summed E-state index contributed by atoms with van der Waals surface area (Å²) >= 11 is 0. The first kappa shape index (κ1) is 31.9. The first-order valence-electron chi connectivity index (χ1n) is 16.5. The van der Waals surface area contributed by atoms with Crippen LogP contribution in [0.25, 0.3) is 0 Å². The van der Waals surface area contributed by atoms with Gasteiger partial charge in [-0.3, -0.25) is 9.59 Å². The number of rotatable bonds is 15. The topological polar surface area (TPSA) is 114 Å². The van der Waals surface area contributed by atoms with Gasteiger partial charge in [0.2, 0.25) is 0 Å². The highest BCUT2D eigenvalue weighted by atomic mass is 16.8. The van der Waals surface area contributed by atoms with Crippen molar-refractivity contribution < 1.29 is 33.8 Å². The molecule has 238 valence electrons. The van der Waals surface area contributed by atoms with Crippen LogP contribution < -0.4 is 15.0 Å². The third kappa shape index (κ3) is 6.50. The molecular formula is C34H50N2O7. The van der Waals surface area contributed by atoms with Crippen molar-refractivity contribution in [2.75, 3.05) is 20.1 Å². The molecule has 0 radical (unpaired) electrons. The number of likely N-dealkylation sites (tertiary alicyclic amines) is 1. The molecule has 2 fully saturated rings. The lowest BCUT2D eigenvalue weighted by molar-refractivity contribution is -0.123. The Labute approximate surface area is 256 Å². The van der Waals surface area contributed by atoms with E-state index in [1.807, 2.05) is 19.9 Å². The van der Waals surface area contributed by atoms with Crippen LogP contribution in [0.15, 0.2) is 12.1 Å². The van der Waals surface area contributed by atoms with E-state index in [4.69, 9.17) is 14.3 Å². The smallest absolute Gasteiger partial charge is 0.483 e. The van der Waals surface area contributed by atoms with E-state index in [0.29, 0.717) is 42.2 Å². The van der Waals surface area contributed by atoms with Gasteiger partial charge < -0.3 is 24.3 Å². The molecule has 1 spiro atoms. The third-order valence-corrected chi connectivity index (χ3v) is 10.9. The van der Waals surface area contributed by atoms with E-state index >= 15 is 0 Å². The van der Waals surface area contributed by atoms with Crippen LogP contribution in [0.5, 0.6) is 11.5 Å². The Morgan fingerprint density at radius 1 is 1.09 bits per heavy atom. The maximum absolute atomic E-state index is 12.6. The molecule has 7 unspecified atom stereocenters. The Kier molecular flexibility index (Phi) is 10.1. The molecule has 0 aromatic heterocycles. The molecule has 9 nitrogen and oxygen atoms in total. The van der Waals surface area contributed by atoms with Gasteiger partial charge in [0.05, 0.1) is 6.10 Å². The number of likely N-dealkylation sites (N-methyl/N-ethyl adjacent to an activating group) is 1. The summed E-state index contributed by atoms with van der Waals surface area (Å²) in [6.07, 6.45) is 8.58. The predicted molar refractivity (Wildman–Crippen MR) is 162 cm³/mol. The summed E-state index contributed by atoms with van der Waals surface area (Å²) in [6.45, 7) is 7.02. The molecule has 1 aromatic rings. The lowest BCUT2D eigenvalue weighted by Gasteiger charge is -2.58. The van der Waals surface area contributed by atoms with Crippen molar-refractivity contribution >= 4 is 17.7 Å². The molecular weight excluding hydrogens is 548 g/mol. The molecule has 2 bridgehead atoms. The van der Waals surface area contributed by atoms with Crippen LogP contribution in [0, 0.1) is 17.8 Å². The van der Waals surface area contributed by atoms with E-state index in [1.165, 1.54) is 5.56 Å². The van der Waals surface area contributed by atoms with E-state index in [1.54, 1.807) is 13.0 Å². The van der Waals surface area contributed by atoms with Gasteiger partial charge in [-0.25, -0.2) is 4.79 Å². The summed E-state index contributed by atoms with van der Waals surface area (Å²) in [6, 6.07) is 4.27. The van der Waals surface area contributed by atoms with Crippen molar-refractivity contribution in [2.45, 2.75) is 121 Å². The molecule has 9 heteroatoms. The molecule has 1 aromatic carbocycles. The monoisotopic (exact) mass is 598 g/mol. The number of piperidine rings is 1. The van der Waals surface area contributed by atoms with E-state index in [0.717, 1.165) is 82.7 Å². The average molecular weight is 599 g/mol. The van der Waals surface area contributed by atoms with Crippen molar-refractivity contribution in [1.82, 2.24) is 10.4 Å². The summed E-state index contributed by atoms with van der Waals surface area (Å²) in [5.74, 6) is 2.05. The fourth-order valence-corrected chi connectivity index (χ4v) is 8.19. The second-order valence-electron chi connectivity index (χ2n) is 13.6. The van der Waals surface area contributed by atoms with Gasteiger partial charge in [0.25, 0.3) is 0 Å². The van der Waals surface area contributed by atoms with Gasteiger partial charge in [-0.15, -0.1) is 5.48 Å². The number of hydrogen-bond donors (Lipinski definition) is 2. The zero-order valence-electron chi connectivity index (χ0n) is 26.4. The number of nitrogens with zero attached hydrogens (tertiary/aromatic N) is 1. The number of aliphatic hydroxyl groups is 1. The fraction of sp³-hybridized carbons (Fsp3) is 0.735. The van der Waals surface area contributed by atoms with Crippen LogP contribution in [-0.4, -0.2) is 66.1 Å². The van der Waals surface area contributed by atoms with Gasteiger partial charge in [0, 0.05) is 41.8 Å². The SMILES string of the molecule is CC(=O)C(C)CCCCC(C)C(=O)CCCCCNOC(=O)Oc1ccc2c3c1OC1C(O)CCC4C(C2)N(C)CCC341. The number of carbonyl (C=O) groups is 3. The Balaban J connectivity index is 1.03. The lowest BCUT2D eigenvalue weighted by Crippen LogP contribution is -2.66. The maximum Gasteiger partial charge on any atom is 0.533 e. The largest absolute Gasteiger partial charge is 0.533 e. The van der Waals surface area contributed by atoms with Gasteiger partial charge in [-0.1, -0.05) is 39.2 Å². The predicted octanol–water partition coefficient (Wildman–Crippen LogP) is 5.29. The minimum Gasteiger partial charge on any atom is -0.483 e. The van der Waals surface area contributed by atoms with Crippen molar-refractivity contribution in [3.05, 3.63) is 23.3 Å². The Hall–Kier alpha value is -2.49. The molecule has 2 aliphatic heterocycles. The number of benzene rings is 1. The lowest BCUT2D eigenvalue weighted by atomic mass is 9.51. The van der Waals surface area contributed by atoms with Crippen molar-refractivity contribution in [1.29, 1.82) is 0 Å². The zero-order chi connectivity index (χ0) is 30.7. The second-order valence-corrected chi connectivity index (χ2v) is 13.6. The molecule has 4 aliphatic rings. The zero-order valence-corrected chi connectivity index (χ0v) is 26.4. The highest BCUT2D eigenvalue weighted by molar-refractivity contribution is 5.80. The molecule has 0 amide bonds. The summed E-state index contributed by atoms with van der Waals surface area (Å²) in [5, 5.41) is 11.0. The van der Waals surface area contributed by atoms with Crippen LogP contribution >= 0.6 is 0 Å². The minimum atomic E-state index is -0.844. The molecule has 5 rings (SSSR count). The van der Waals surface area contributed by atoms with E-state index < -0.39 is 12.3 Å². The Morgan fingerprint density at radius 2 is 1.86 bits per heavy atom. The Bertz CT molecular complexity index is 1190. The van der Waals surface area contributed by atoms with Crippen molar-refractivity contribution in [3.63, 3.8) is 0 Å². The molecule has 1 saturated heterocycles.